The summed E-state index contributed by atoms with van der Waals surface area (Å²) < 4.78 is 23.9. The molecule has 0 bridgehead atoms. The van der Waals surface area contributed by atoms with Gasteiger partial charge in [0.05, 0.1) is 23.3 Å². The second-order valence-corrected chi connectivity index (χ2v) is 10.4. The molecule has 1 amide bonds. The van der Waals surface area contributed by atoms with Crippen molar-refractivity contribution in [2.45, 2.75) is 17.5 Å². The van der Waals surface area contributed by atoms with Gasteiger partial charge in [0.2, 0.25) is 5.91 Å². The molecule has 140 valence electrons. The van der Waals surface area contributed by atoms with Gasteiger partial charge in [-0.2, -0.15) is 0 Å². The number of para-hydroxylation sites is 1. The maximum absolute atomic E-state index is 13.1. The van der Waals surface area contributed by atoms with Crippen molar-refractivity contribution in [1.29, 1.82) is 0 Å². The highest BCUT2D eigenvalue weighted by Gasteiger charge is 2.35. The molecule has 1 fully saturated rings. The molecule has 2 aromatic heterocycles. The van der Waals surface area contributed by atoms with Crippen molar-refractivity contribution >= 4 is 54.7 Å². The number of nitrogens with zero attached hydrogens (tertiary/aromatic N) is 3. The predicted octanol–water partition coefficient (Wildman–Crippen LogP) is 3.00. The SMILES string of the molecule is O=C(CSc1ncnc2sccc12)N(c1ccccc1)C1CCS(=O)(=O)C1. The van der Waals surface area contributed by atoms with Crippen molar-refractivity contribution in [3.05, 3.63) is 48.1 Å². The highest BCUT2D eigenvalue weighted by Crippen LogP contribution is 2.30. The van der Waals surface area contributed by atoms with E-state index in [4.69, 9.17) is 0 Å². The summed E-state index contributed by atoms with van der Waals surface area (Å²) in [6, 6.07) is 10.9. The second kappa shape index (κ2) is 7.57. The number of hydrogen-bond donors (Lipinski definition) is 0. The van der Waals surface area contributed by atoms with Gasteiger partial charge in [-0.05, 0) is 30.0 Å². The van der Waals surface area contributed by atoms with E-state index in [0.717, 1.165) is 20.9 Å². The van der Waals surface area contributed by atoms with Crippen LogP contribution in [-0.2, 0) is 14.6 Å². The molecule has 4 rings (SSSR count). The molecule has 27 heavy (non-hydrogen) atoms. The molecule has 6 nitrogen and oxygen atoms in total. The van der Waals surface area contributed by atoms with Crippen molar-refractivity contribution in [2.24, 2.45) is 0 Å². The number of thioether (sulfide) groups is 1. The van der Waals surface area contributed by atoms with E-state index in [1.165, 1.54) is 29.4 Å². The summed E-state index contributed by atoms with van der Waals surface area (Å²) in [5, 5.41) is 3.65. The molecule has 1 aliphatic rings. The molecule has 0 aliphatic carbocycles. The third-order valence-corrected chi connectivity index (χ3v) is 8.00. The normalized spacial score (nSPS) is 18.6. The lowest BCUT2D eigenvalue weighted by molar-refractivity contribution is -0.116. The Morgan fingerprint density at radius 1 is 1.22 bits per heavy atom. The molecule has 3 aromatic rings. The van der Waals surface area contributed by atoms with E-state index in [1.54, 1.807) is 4.90 Å². The summed E-state index contributed by atoms with van der Waals surface area (Å²) in [5.41, 5.74) is 0.730. The first-order chi connectivity index (χ1) is 13.0. The van der Waals surface area contributed by atoms with Crippen molar-refractivity contribution in [1.82, 2.24) is 9.97 Å². The minimum Gasteiger partial charge on any atom is -0.308 e. The van der Waals surface area contributed by atoms with Gasteiger partial charge in [-0.25, -0.2) is 18.4 Å². The summed E-state index contributed by atoms with van der Waals surface area (Å²) in [6.45, 7) is 0. The first-order valence-corrected chi connectivity index (χ1v) is 12.1. The molecule has 1 aliphatic heterocycles. The van der Waals surface area contributed by atoms with Crippen LogP contribution in [0.15, 0.2) is 53.1 Å². The van der Waals surface area contributed by atoms with Crippen LogP contribution >= 0.6 is 23.1 Å². The number of carbonyl (C=O) groups is 1. The van der Waals surface area contributed by atoms with Crippen LogP contribution in [0.1, 0.15) is 6.42 Å². The zero-order chi connectivity index (χ0) is 18.9. The summed E-state index contributed by atoms with van der Waals surface area (Å²) >= 11 is 2.89. The number of benzene rings is 1. The van der Waals surface area contributed by atoms with Gasteiger partial charge < -0.3 is 4.90 Å². The van der Waals surface area contributed by atoms with Crippen LogP contribution in [0, 0.1) is 0 Å². The van der Waals surface area contributed by atoms with E-state index in [9.17, 15) is 13.2 Å². The first-order valence-electron chi connectivity index (χ1n) is 8.42. The number of sulfone groups is 1. The summed E-state index contributed by atoms with van der Waals surface area (Å²) in [4.78, 5) is 24.1. The highest BCUT2D eigenvalue weighted by atomic mass is 32.2. The number of anilines is 1. The third kappa shape index (κ3) is 3.99. The number of hydrogen-bond acceptors (Lipinski definition) is 7. The molecule has 0 N–H and O–H groups in total. The van der Waals surface area contributed by atoms with E-state index in [1.807, 2.05) is 41.8 Å². The van der Waals surface area contributed by atoms with Crippen LogP contribution in [0.4, 0.5) is 5.69 Å². The van der Waals surface area contributed by atoms with Gasteiger partial charge in [-0.3, -0.25) is 4.79 Å². The van der Waals surface area contributed by atoms with Gasteiger partial charge in [-0.15, -0.1) is 11.3 Å². The lowest BCUT2D eigenvalue weighted by Gasteiger charge is -2.28. The molecule has 1 unspecified atom stereocenters. The Morgan fingerprint density at radius 2 is 2.04 bits per heavy atom. The van der Waals surface area contributed by atoms with Gasteiger partial charge in [0.25, 0.3) is 0 Å². The van der Waals surface area contributed by atoms with E-state index in [-0.39, 0.29) is 29.2 Å². The van der Waals surface area contributed by atoms with Crippen LogP contribution in [0.25, 0.3) is 10.2 Å². The zero-order valence-electron chi connectivity index (χ0n) is 14.3. The number of carbonyl (C=O) groups excluding carboxylic acids is 1. The topological polar surface area (TPSA) is 80.2 Å². The molecule has 0 radical (unpaired) electrons. The number of aromatic nitrogens is 2. The molecule has 0 saturated carbocycles. The molecule has 1 aromatic carbocycles. The quantitative estimate of drug-likeness (QED) is 0.467. The fraction of sp³-hybridized carbons (Fsp3) is 0.278. The Hall–Kier alpha value is -1.97. The molecule has 3 heterocycles. The standard InChI is InChI=1S/C18H17N3O3S3/c22-16(10-26-18-15-6-8-25-17(15)19-12-20-18)21(13-4-2-1-3-5-13)14-7-9-27(23,24)11-14/h1-6,8,12,14H,7,9-11H2. The smallest absolute Gasteiger partial charge is 0.237 e. The minimum atomic E-state index is -3.09. The lowest BCUT2D eigenvalue weighted by atomic mass is 10.2. The minimum absolute atomic E-state index is 0.0145. The molecule has 0 spiro atoms. The lowest BCUT2D eigenvalue weighted by Crippen LogP contribution is -2.42. The number of fused-ring (bicyclic) bond motifs is 1. The molecule has 1 saturated heterocycles. The fourth-order valence-electron chi connectivity index (χ4n) is 3.21. The summed E-state index contributed by atoms with van der Waals surface area (Å²) in [5.74, 6) is 0.215. The van der Waals surface area contributed by atoms with E-state index >= 15 is 0 Å². The number of rotatable bonds is 5. The average Bonchev–Trinajstić information content (AvgIpc) is 3.27. The van der Waals surface area contributed by atoms with Gasteiger partial charge >= 0.3 is 0 Å². The van der Waals surface area contributed by atoms with Gasteiger partial charge in [0.15, 0.2) is 9.84 Å². The molecular formula is C18H17N3O3S3. The van der Waals surface area contributed by atoms with Crippen molar-refractivity contribution in [3.63, 3.8) is 0 Å². The van der Waals surface area contributed by atoms with Gasteiger partial charge in [-0.1, -0.05) is 30.0 Å². The molecular weight excluding hydrogens is 402 g/mol. The predicted molar refractivity (Wildman–Crippen MR) is 109 cm³/mol. The second-order valence-electron chi connectivity index (χ2n) is 6.26. The van der Waals surface area contributed by atoms with E-state index in [2.05, 4.69) is 9.97 Å². The van der Waals surface area contributed by atoms with Crippen LogP contribution < -0.4 is 4.90 Å². The van der Waals surface area contributed by atoms with Crippen molar-refractivity contribution in [2.75, 3.05) is 22.2 Å². The van der Waals surface area contributed by atoms with Crippen LogP contribution in [0.5, 0.6) is 0 Å². The Labute approximate surface area is 165 Å². The Balaban J connectivity index is 1.56. The van der Waals surface area contributed by atoms with Crippen molar-refractivity contribution < 1.29 is 13.2 Å². The Morgan fingerprint density at radius 3 is 2.78 bits per heavy atom. The van der Waals surface area contributed by atoms with Crippen molar-refractivity contribution in [3.8, 4) is 0 Å². The van der Waals surface area contributed by atoms with E-state index < -0.39 is 9.84 Å². The maximum Gasteiger partial charge on any atom is 0.237 e. The Bertz CT molecular complexity index is 1070. The molecule has 1 atom stereocenters. The number of thiophene rings is 1. The summed E-state index contributed by atoms with van der Waals surface area (Å²) in [6.07, 6.45) is 1.97. The largest absolute Gasteiger partial charge is 0.308 e. The summed E-state index contributed by atoms with van der Waals surface area (Å²) in [7, 11) is -3.09. The molecule has 9 heteroatoms. The van der Waals surface area contributed by atoms with Crippen LogP contribution in [-0.4, -0.2) is 47.6 Å². The van der Waals surface area contributed by atoms with Crippen LogP contribution in [0.3, 0.4) is 0 Å². The monoisotopic (exact) mass is 419 g/mol. The third-order valence-electron chi connectivity index (χ3n) is 4.43. The Kier molecular flexibility index (Phi) is 5.16. The zero-order valence-corrected chi connectivity index (χ0v) is 16.8. The number of amides is 1. The first kappa shape index (κ1) is 18.4. The van der Waals surface area contributed by atoms with Crippen LogP contribution in [0.2, 0.25) is 0 Å². The van der Waals surface area contributed by atoms with Gasteiger partial charge in [0, 0.05) is 11.1 Å². The van der Waals surface area contributed by atoms with Gasteiger partial charge in [0.1, 0.15) is 16.2 Å². The average molecular weight is 420 g/mol. The fourth-order valence-corrected chi connectivity index (χ4v) is 6.55. The highest BCUT2D eigenvalue weighted by molar-refractivity contribution is 8.00. The maximum atomic E-state index is 13.1. The van der Waals surface area contributed by atoms with E-state index in [0.29, 0.717) is 6.42 Å².